The topological polar surface area (TPSA) is 35.6 Å². The van der Waals surface area contributed by atoms with Gasteiger partial charge < -0.3 is 10.2 Å². The summed E-state index contributed by atoms with van der Waals surface area (Å²) in [5, 5.41) is 2.90. The second-order valence-corrected chi connectivity index (χ2v) is 6.44. The molecule has 4 nitrogen and oxygen atoms in total. The Bertz CT molecular complexity index is 705. The van der Waals surface area contributed by atoms with Crippen LogP contribution in [-0.4, -0.2) is 48.6 Å². The molecule has 2 aliphatic rings. The molecule has 0 aromatic heterocycles. The zero-order chi connectivity index (χ0) is 16.5. The van der Waals surface area contributed by atoms with Gasteiger partial charge in [0.1, 0.15) is 0 Å². The van der Waals surface area contributed by atoms with Gasteiger partial charge in [-0.15, -0.1) is 0 Å². The number of hydrogen-bond donors (Lipinski definition) is 1. The van der Waals surface area contributed by atoms with Crippen LogP contribution in [0.15, 0.2) is 48.5 Å². The molecule has 0 bridgehead atoms. The normalized spacial score (nSPS) is 17.5. The quantitative estimate of drug-likeness (QED) is 0.922. The van der Waals surface area contributed by atoms with Gasteiger partial charge in [-0.3, -0.25) is 4.90 Å². The van der Waals surface area contributed by atoms with Crippen molar-refractivity contribution in [3.8, 4) is 11.1 Å². The summed E-state index contributed by atoms with van der Waals surface area (Å²) < 4.78 is 0. The summed E-state index contributed by atoms with van der Waals surface area (Å²) in [6, 6.07) is 17.8. The van der Waals surface area contributed by atoms with E-state index in [0.717, 1.165) is 26.2 Å². The summed E-state index contributed by atoms with van der Waals surface area (Å²) in [6.07, 6.45) is 0. The Hall–Kier alpha value is -2.33. The minimum Gasteiger partial charge on any atom is -0.338 e. The average Bonchev–Trinajstić information content (AvgIpc) is 2.97. The molecule has 2 aromatic rings. The van der Waals surface area contributed by atoms with Crippen LogP contribution in [0.1, 0.15) is 24.1 Å². The first kappa shape index (κ1) is 15.2. The smallest absolute Gasteiger partial charge is 0.317 e. The second kappa shape index (κ2) is 6.29. The van der Waals surface area contributed by atoms with E-state index in [9.17, 15) is 4.79 Å². The van der Waals surface area contributed by atoms with Crippen LogP contribution in [0, 0.1) is 0 Å². The number of urea groups is 1. The van der Waals surface area contributed by atoms with E-state index in [0.29, 0.717) is 12.6 Å². The molecule has 0 unspecified atom stereocenters. The highest BCUT2D eigenvalue weighted by molar-refractivity contribution is 5.78. The second-order valence-electron chi connectivity index (χ2n) is 6.44. The Morgan fingerprint density at radius 2 is 1.50 bits per heavy atom. The van der Waals surface area contributed by atoms with Crippen molar-refractivity contribution < 1.29 is 4.79 Å². The number of fused-ring (bicyclic) bond motifs is 3. The molecule has 2 amide bonds. The molecule has 1 N–H and O–H groups in total. The van der Waals surface area contributed by atoms with Gasteiger partial charge in [-0.2, -0.15) is 0 Å². The van der Waals surface area contributed by atoms with E-state index in [1.54, 1.807) is 0 Å². The van der Waals surface area contributed by atoms with Gasteiger partial charge in [-0.1, -0.05) is 48.5 Å². The molecule has 1 aliphatic carbocycles. The predicted octanol–water partition coefficient (Wildman–Crippen LogP) is 3.10. The predicted molar refractivity (Wildman–Crippen MR) is 95.9 cm³/mol. The van der Waals surface area contributed by atoms with Crippen molar-refractivity contribution in [1.29, 1.82) is 0 Å². The molecular weight excluding hydrogens is 298 g/mol. The van der Waals surface area contributed by atoms with Crippen molar-refractivity contribution in [2.45, 2.75) is 13.0 Å². The molecule has 1 fully saturated rings. The number of rotatable bonds is 2. The van der Waals surface area contributed by atoms with Crippen LogP contribution in [0.2, 0.25) is 0 Å². The summed E-state index contributed by atoms with van der Waals surface area (Å²) in [6.45, 7) is 6.03. The van der Waals surface area contributed by atoms with E-state index < -0.39 is 0 Å². The SMILES string of the molecule is CCNC(=O)N1CCN(C2c3ccccc3-c3ccccc32)CC1. The van der Waals surface area contributed by atoms with Gasteiger partial charge in [0, 0.05) is 32.7 Å². The minimum absolute atomic E-state index is 0.0596. The highest BCUT2D eigenvalue weighted by atomic mass is 16.2. The number of nitrogens with zero attached hydrogens (tertiary/aromatic N) is 2. The van der Waals surface area contributed by atoms with E-state index >= 15 is 0 Å². The standard InChI is InChI=1S/C20H23N3O/c1-2-21-20(24)23-13-11-22(12-14-23)19-17-9-5-3-7-15(17)16-8-4-6-10-18(16)19/h3-10,19H,2,11-14H2,1H3,(H,21,24). The van der Waals surface area contributed by atoms with Crippen molar-refractivity contribution in [2.24, 2.45) is 0 Å². The van der Waals surface area contributed by atoms with Crippen molar-refractivity contribution in [2.75, 3.05) is 32.7 Å². The van der Waals surface area contributed by atoms with Gasteiger partial charge >= 0.3 is 6.03 Å². The maximum atomic E-state index is 12.0. The first-order valence-electron chi connectivity index (χ1n) is 8.74. The van der Waals surface area contributed by atoms with Gasteiger partial charge in [0.25, 0.3) is 0 Å². The summed E-state index contributed by atoms with van der Waals surface area (Å²) in [4.78, 5) is 16.5. The molecule has 4 rings (SSSR count). The molecule has 0 spiro atoms. The first-order chi connectivity index (χ1) is 11.8. The Morgan fingerprint density at radius 3 is 2.04 bits per heavy atom. The zero-order valence-electron chi connectivity index (χ0n) is 14.0. The number of carbonyl (C=O) groups is 1. The van der Waals surface area contributed by atoms with Crippen LogP contribution in [0.25, 0.3) is 11.1 Å². The lowest BCUT2D eigenvalue weighted by molar-refractivity contribution is 0.122. The molecule has 2 aromatic carbocycles. The minimum atomic E-state index is 0.0596. The third kappa shape index (κ3) is 2.47. The van der Waals surface area contributed by atoms with Crippen molar-refractivity contribution >= 4 is 6.03 Å². The van der Waals surface area contributed by atoms with Crippen molar-refractivity contribution in [3.05, 3.63) is 59.7 Å². The fourth-order valence-electron chi connectivity index (χ4n) is 3.97. The van der Waals surface area contributed by atoms with Crippen LogP contribution < -0.4 is 5.32 Å². The fourth-order valence-corrected chi connectivity index (χ4v) is 3.97. The number of hydrogen-bond acceptors (Lipinski definition) is 2. The molecule has 0 radical (unpaired) electrons. The van der Waals surface area contributed by atoms with E-state index in [1.807, 2.05) is 11.8 Å². The van der Waals surface area contributed by atoms with Gasteiger partial charge in [0.2, 0.25) is 0 Å². The summed E-state index contributed by atoms with van der Waals surface area (Å²) in [7, 11) is 0. The molecule has 1 aliphatic heterocycles. The van der Waals surface area contributed by atoms with Gasteiger partial charge in [-0.25, -0.2) is 4.79 Å². The molecule has 1 saturated heterocycles. The number of piperazine rings is 1. The number of carbonyl (C=O) groups excluding carboxylic acids is 1. The van der Waals surface area contributed by atoms with Gasteiger partial charge in [0.05, 0.1) is 6.04 Å². The lowest BCUT2D eigenvalue weighted by Gasteiger charge is -2.38. The molecule has 4 heteroatoms. The highest BCUT2D eigenvalue weighted by Gasteiger charge is 2.34. The molecular formula is C20H23N3O. The summed E-state index contributed by atoms with van der Waals surface area (Å²) >= 11 is 0. The van der Waals surface area contributed by atoms with E-state index in [1.165, 1.54) is 22.3 Å². The van der Waals surface area contributed by atoms with E-state index in [2.05, 4.69) is 58.7 Å². The lowest BCUT2D eigenvalue weighted by Crippen LogP contribution is -2.52. The van der Waals surface area contributed by atoms with Crippen LogP contribution in [0.5, 0.6) is 0 Å². The number of nitrogens with one attached hydrogen (secondary N) is 1. The zero-order valence-corrected chi connectivity index (χ0v) is 14.0. The molecule has 1 heterocycles. The van der Waals surface area contributed by atoms with Gasteiger partial charge in [0.15, 0.2) is 0 Å². The number of amides is 2. The summed E-state index contributed by atoms with van der Waals surface area (Å²) in [5.74, 6) is 0. The highest BCUT2D eigenvalue weighted by Crippen LogP contribution is 2.46. The summed E-state index contributed by atoms with van der Waals surface area (Å²) in [5.41, 5.74) is 5.49. The third-order valence-electron chi connectivity index (χ3n) is 5.10. The Kier molecular flexibility index (Phi) is 3.98. The molecule has 124 valence electrons. The van der Waals surface area contributed by atoms with Crippen LogP contribution in [-0.2, 0) is 0 Å². The first-order valence-corrected chi connectivity index (χ1v) is 8.74. The molecule has 0 saturated carbocycles. The van der Waals surface area contributed by atoms with Gasteiger partial charge in [-0.05, 0) is 29.2 Å². The largest absolute Gasteiger partial charge is 0.338 e. The maximum absolute atomic E-state index is 12.0. The van der Waals surface area contributed by atoms with Crippen molar-refractivity contribution in [3.63, 3.8) is 0 Å². The Morgan fingerprint density at radius 1 is 0.958 bits per heavy atom. The fraction of sp³-hybridized carbons (Fsp3) is 0.350. The van der Waals surface area contributed by atoms with E-state index in [-0.39, 0.29) is 6.03 Å². The van der Waals surface area contributed by atoms with Crippen LogP contribution in [0.3, 0.4) is 0 Å². The lowest BCUT2D eigenvalue weighted by atomic mass is 10.0. The Balaban J connectivity index is 1.58. The van der Waals surface area contributed by atoms with Crippen molar-refractivity contribution in [1.82, 2.24) is 15.1 Å². The van der Waals surface area contributed by atoms with E-state index in [4.69, 9.17) is 0 Å². The van der Waals surface area contributed by atoms with Crippen LogP contribution in [0.4, 0.5) is 4.79 Å². The average molecular weight is 321 g/mol. The van der Waals surface area contributed by atoms with Crippen LogP contribution >= 0.6 is 0 Å². The third-order valence-corrected chi connectivity index (χ3v) is 5.10. The Labute approximate surface area is 143 Å². The number of benzene rings is 2. The molecule has 24 heavy (non-hydrogen) atoms. The maximum Gasteiger partial charge on any atom is 0.317 e. The molecule has 0 atom stereocenters. The monoisotopic (exact) mass is 321 g/mol.